The van der Waals surface area contributed by atoms with E-state index in [1.54, 1.807) is 0 Å². The molecular weight excluding hydrogens is 282 g/mol. The van der Waals surface area contributed by atoms with Gasteiger partial charge in [0.15, 0.2) is 0 Å². The number of carboxylic acid groups (broad SMARTS) is 1. The Morgan fingerprint density at radius 1 is 1.14 bits per heavy atom. The molecule has 5 heteroatoms. The molecule has 0 bridgehead atoms. The average Bonchev–Trinajstić information content (AvgIpc) is 2.80. The van der Waals surface area contributed by atoms with Crippen LogP contribution >= 0.6 is 0 Å². The Bertz CT molecular complexity index is 481. The van der Waals surface area contributed by atoms with E-state index in [2.05, 4.69) is 5.32 Å². The maximum Gasteiger partial charge on any atom is 0.408 e. The first-order valence-electron chi connectivity index (χ1n) is 7.87. The Labute approximate surface area is 130 Å². The number of alkyl carbamates (subject to hydrolysis) is 1. The van der Waals surface area contributed by atoms with Gasteiger partial charge < -0.3 is 15.2 Å². The Morgan fingerprint density at radius 2 is 1.77 bits per heavy atom. The SMILES string of the molecule is O=C(N[C@@H](C(=O)O)C1CCCCCC1)OCc1ccccc1. The van der Waals surface area contributed by atoms with Gasteiger partial charge in [0, 0.05) is 0 Å². The summed E-state index contributed by atoms with van der Waals surface area (Å²) in [5.41, 5.74) is 0.874. The summed E-state index contributed by atoms with van der Waals surface area (Å²) in [5, 5.41) is 11.9. The monoisotopic (exact) mass is 305 g/mol. The number of aliphatic carboxylic acids is 1. The summed E-state index contributed by atoms with van der Waals surface area (Å²) in [6.07, 6.45) is 5.35. The second-order valence-electron chi connectivity index (χ2n) is 5.77. The smallest absolute Gasteiger partial charge is 0.408 e. The average molecular weight is 305 g/mol. The number of hydrogen-bond donors (Lipinski definition) is 2. The van der Waals surface area contributed by atoms with E-state index in [1.807, 2.05) is 30.3 Å². The quantitative estimate of drug-likeness (QED) is 0.818. The molecule has 0 unspecified atom stereocenters. The van der Waals surface area contributed by atoms with Gasteiger partial charge in [-0.2, -0.15) is 0 Å². The van der Waals surface area contributed by atoms with Gasteiger partial charge in [-0.3, -0.25) is 0 Å². The summed E-state index contributed by atoms with van der Waals surface area (Å²) >= 11 is 0. The molecule has 0 saturated heterocycles. The van der Waals surface area contributed by atoms with E-state index in [9.17, 15) is 14.7 Å². The minimum absolute atomic E-state index is 0.00993. The third-order valence-electron chi connectivity index (χ3n) is 4.12. The number of nitrogens with one attached hydrogen (secondary N) is 1. The molecule has 1 atom stereocenters. The largest absolute Gasteiger partial charge is 0.480 e. The van der Waals surface area contributed by atoms with E-state index in [0.717, 1.165) is 44.1 Å². The first kappa shape index (κ1) is 16.3. The van der Waals surface area contributed by atoms with Crippen molar-refractivity contribution in [3.63, 3.8) is 0 Å². The lowest BCUT2D eigenvalue weighted by Gasteiger charge is -2.23. The lowest BCUT2D eigenvalue weighted by Crippen LogP contribution is -2.46. The minimum Gasteiger partial charge on any atom is -0.480 e. The zero-order valence-electron chi connectivity index (χ0n) is 12.7. The summed E-state index contributed by atoms with van der Waals surface area (Å²) in [4.78, 5) is 23.3. The molecule has 120 valence electrons. The zero-order valence-corrected chi connectivity index (χ0v) is 12.7. The van der Waals surface area contributed by atoms with Crippen molar-refractivity contribution < 1.29 is 19.4 Å². The van der Waals surface area contributed by atoms with E-state index in [0.29, 0.717) is 0 Å². The maximum atomic E-state index is 11.9. The molecule has 1 fully saturated rings. The van der Waals surface area contributed by atoms with Crippen LogP contribution in [0, 0.1) is 5.92 Å². The highest BCUT2D eigenvalue weighted by Gasteiger charge is 2.30. The molecule has 1 aliphatic rings. The molecule has 0 aliphatic heterocycles. The summed E-state index contributed by atoms with van der Waals surface area (Å²) in [6.45, 7) is 0.143. The normalized spacial score (nSPS) is 17.3. The molecule has 1 aliphatic carbocycles. The third kappa shape index (κ3) is 5.06. The number of carboxylic acids is 1. The van der Waals surface area contributed by atoms with Gasteiger partial charge in [0.25, 0.3) is 0 Å². The Balaban J connectivity index is 1.87. The number of carbonyl (C=O) groups excluding carboxylic acids is 1. The van der Waals surface area contributed by atoms with Crippen LogP contribution in [0.2, 0.25) is 0 Å². The summed E-state index contributed by atoms with van der Waals surface area (Å²) in [7, 11) is 0. The number of carbonyl (C=O) groups is 2. The summed E-state index contributed by atoms with van der Waals surface area (Å²) in [5.74, 6) is -0.993. The summed E-state index contributed by atoms with van der Waals surface area (Å²) < 4.78 is 5.12. The molecule has 1 amide bonds. The van der Waals surface area contributed by atoms with Crippen LogP contribution in [0.25, 0.3) is 0 Å². The van der Waals surface area contributed by atoms with Gasteiger partial charge in [0.2, 0.25) is 0 Å². The highest BCUT2D eigenvalue weighted by atomic mass is 16.5. The van der Waals surface area contributed by atoms with E-state index in [4.69, 9.17) is 4.74 Å². The molecule has 2 N–H and O–H groups in total. The Hall–Kier alpha value is -2.04. The van der Waals surface area contributed by atoms with Gasteiger partial charge in [0.1, 0.15) is 12.6 Å². The first-order chi connectivity index (χ1) is 10.7. The Kier molecular flexibility index (Phi) is 6.25. The van der Waals surface area contributed by atoms with Crippen molar-refractivity contribution in [2.75, 3.05) is 0 Å². The second kappa shape index (κ2) is 8.41. The number of rotatable bonds is 5. The van der Waals surface area contributed by atoms with Crippen LogP contribution in [0.3, 0.4) is 0 Å². The van der Waals surface area contributed by atoms with Crippen molar-refractivity contribution in [1.82, 2.24) is 5.32 Å². The summed E-state index contributed by atoms with van der Waals surface area (Å²) in [6, 6.07) is 8.46. The van der Waals surface area contributed by atoms with Crippen molar-refractivity contribution >= 4 is 12.1 Å². The highest BCUT2D eigenvalue weighted by Crippen LogP contribution is 2.25. The van der Waals surface area contributed by atoms with Crippen LogP contribution < -0.4 is 5.32 Å². The fraction of sp³-hybridized carbons (Fsp3) is 0.529. The van der Waals surface area contributed by atoms with Gasteiger partial charge in [0.05, 0.1) is 0 Å². The second-order valence-corrected chi connectivity index (χ2v) is 5.77. The number of hydrogen-bond acceptors (Lipinski definition) is 3. The third-order valence-corrected chi connectivity index (χ3v) is 4.12. The molecule has 0 radical (unpaired) electrons. The fourth-order valence-electron chi connectivity index (χ4n) is 2.92. The lowest BCUT2D eigenvalue weighted by atomic mass is 9.92. The molecule has 0 aromatic heterocycles. The predicted octanol–water partition coefficient (Wildman–Crippen LogP) is 3.34. The molecule has 5 nitrogen and oxygen atoms in total. The predicted molar refractivity (Wildman–Crippen MR) is 82.4 cm³/mol. The van der Waals surface area contributed by atoms with E-state index in [1.165, 1.54) is 0 Å². The van der Waals surface area contributed by atoms with Gasteiger partial charge in [-0.05, 0) is 24.3 Å². The van der Waals surface area contributed by atoms with Crippen molar-refractivity contribution in [3.8, 4) is 0 Å². The molecule has 2 rings (SSSR count). The van der Waals surface area contributed by atoms with E-state index in [-0.39, 0.29) is 12.5 Å². The van der Waals surface area contributed by atoms with Gasteiger partial charge in [-0.25, -0.2) is 9.59 Å². The fourth-order valence-corrected chi connectivity index (χ4v) is 2.92. The number of amides is 1. The number of benzene rings is 1. The Morgan fingerprint density at radius 3 is 2.36 bits per heavy atom. The van der Waals surface area contributed by atoms with E-state index < -0.39 is 18.1 Å². The van der Waals surface area contributed by atoms with E-state index >= 15 is 0 Å². The van der Waals surface area contributed by atoms with Gasteiger partial charge in [-0.15, -0.1) is 0 Å². The van der Waals surface area contributed by atoms with Crippen LogP contribution in [-0.2, 0) is 16.1 Å². The molecule has 22 heavy (non-hydrogen) atoms. The molecule has 1 aromatic rings. The molecule has 0 spiro atoms. The van der Waals surface area contributed by atoms with Crippen LogP contribution in [0.15, 0.2) is 30.3 Å². The van der Waals surface area contributed by atoms with Gasteiger partial charge in [-0.1, -0.05) is 56.0 Å². The van der Waals surface area contributed by atoms with Crippen molar-refractivity contribution in [2.45, 2.75) is 51.2 Å². The zero-order chi connectivity index (χ0) is 15.8. The van der Waals surface area contributed by atoms with Crippen molar-refractivity contribution in [1.29, 1.82) is 0 Å². The lowest BCUT2D eigenvalue weighted by molar-refractivity contribution is -0.141. The molecule has 1 saturated carbocycles. The van der Waals surface area contributed by atoms with Gasteiger partial charge >= 0.3 is 12.1 Å². The van der Waals surface area contributed by atoms with Crippen molar-refractivity contribution in [3.05, 3.63) is 35.9 Å². The standard InChI is InChI=1S/C17H23NO4/c19-16(20)15(14-10-6-1-2-7-11-14)18-17(21)22-12-13-8-4-3-5-9-13/h3-5,8-9,14-15H,1-2,6-7,10-12H2,(H,18,21)(H,19,20)/t15-/m1/s1. The topological polar surface area (TPSA) is 75.6 Å². The van der Waals surface area contributed by atoms with Crippen LogP contribution in [0.4, 0.5) is 4.79 Å². The highest BCUT2D eigenvalue weighted by molar-refractivity contribution is 5.80. The molecule has 0 heterocycles. The minimum atomic E-state index is -0.983. The molecular formula is C17H23NO4. The van der Waals surface area contributed by atoms with Crippen LogP contribution in [-0.4, -0.2) is 23.2 Å². The first-order valence-corrected chi connectivity index (χ1v) is 7.87. The van der Waals surface area contributed by atoms with Crippen LogP contribution in [0.5, 0.6) is 0 Å². The molecule has 1 aromatic carbocycles. The van der Waals surface area contributed by atoms with Crippen LogP contribution in [0.1, 0.15) is 44.1 Å². The number of ether oxygens (including phenoxy) is 1. The maximum absolute atomic E-state index is 11.9. The van der Waals surface area contributed by atoms with Crippen molar-refractivity contribution in [2.24, 2.45) is 5.92 Å².